The molecule has 0 aliphatic rings. The Morgan fingerprint density at radius 2 is 1.88 bits per heavy atom. The molecule has 0 amide bonds. The normalized spacial score (nSPS) is 12.8. The Morgan fingerprint density at radius 3 is 2.38 bits per heavy atom. The van der Waals surface area contributed by atoms with E-state index in [4.69, 9.17) is 5.14 Å². The maximum Gasteiger partial charge on any atom is 0.416 e. The second-order valence-corrected chi connectivity index (χ2v) is 5.05. The highest BCUT2D eigenvalue weighted by Crippen LogP contribution is 2.29. The SMILES string of the molecule is NS(=O)(=O)CCc1cccc(C(F)(F)F)c1. The average molecular weight is 253 g/mol. The molecule has 3 nitrogen and oxygen atoms in total. The first-order valence-electron chi connectivity index (χ1n) is 4.35. The van der Waals surface area contributed by atoms with E-state index in [1.165, 1.54) is 12.1 Å². The molecule has 0 spiro atoms. The van der Waals surface area contributed by atoms with Crippen LogP contribution in [0.5, 0.6) is 0 Å². The Kier molecular flexibility index (Phi) is 3.59. The second-order valence-electron chi connectivity index (χ2n) is 3.32. The van der Waals surface area contributed by atoms with Crippen molar-refractivity contribution in [1.29, 1.82) is 0 Å². The van der Waals surface area contributed by atoms with E-state index in [1.54, 1.807) is 0 Å². The maximum absolute atomic E-state index is 12.3. The van der Waals surface area contributed by atoms with Gasteiger partial charge in [0.25, 0.3) is 0 Å². The fourth-order valence-electron chi connectivity index (χ4n) is 1.16. The molecule has 0 saturated heterocycles. The molecule has 90 valence electrons. The molecule has 0 unspecified atom stereocenters. The molecule has 0 radical (unpaired) electrons. The third kappa shape index (κ3) is 4.19. The lowest BCUT2D eigenvalue weighted by atomic mass is 10.1. The number of hydrogen-bond donors (Lipinski definition) is 1. The lowest BCUT2D eigenvalue weighted by molar-refractivity contribution is -0.137. The number of halogens is 3. The number of alkyl halides is 3. The Hall–Kier alpha value is -1.08. The molecule has 0 aromatic heterocycles. The maximum atomic E-state index is 12.3. The van der Waals surface area contributed by atoms with E-state index in [1.807, 2.05) is 0 Å². The summed E-state index contributed by atoms with van der Waals surface area (Å²) in [7, 11) is -3.65. The minimum atomic E-state index is -4.42. The van der Waals surface area contributed by atoms with Crippen molar-refractivity contribution in [3.8, 4) is 0 Å². The van der Waals surface area contributed by atoms with Crippen molar-refractivity contribution in [1.82, 2.24) is 0 Å². The predicted molar refractivity (Wildman–Crippen MR) is 53.1 cm³/mol. The van der Waals surface area contributed by atoms with E-state index < -0.39 is 21.8 Å². The fraction of sp³-hybridized carbons (Fsp3) is 0.333. The van der Waals surface area contributed by atoms with E-state index >= 15 is 0 Å². The van der Waals surface area contributed by atoms with E-state index in [0.29, 0.717) is 5.56 Å². The van der Waals surface area contributed by atoms with Crippen LogP contribution in [-0.4, -0.2) is 14.2 Å². The van der Waals surface area contributed by atoms with Crippen LogP contribution in [0.4, 0.5) is 13.2 Å². The van der Waals surface area contributed by atoms with E-state index in [0.717, 1.165) is 12.1 Å². The van der Waals surface area contributed by atoms with Gasteiger partial charge in [-0.3, -0.25) is 0 Å². The van der Waals surface area contributed by atoms with E-state index in [-0.39, 0.29) is 12.2 Å². The van der Waals surface area contributed by atoms with Crippen LogP contribution < -0.4 is 5.14 Å². The van der Waals surface area contributed by atoms with Gasteiger partial charge < -0.3 is 0 Å². The van der Waals surface area contributed by atoms with Crippen LogP contribution in [-0.2, 0) is 22.6 Å². The zero-order chi connectivity index (χ0) is 12.4. The minimum absolute atomic E-state index is 0.0250. The number of benzene rings is 1. The number of sulfonamides is 1. The molecule has 1 aromatic rings. The van der Waals surface area contributed by atoms with Gasteiger partial charge in [-0.2, -0.15) is 13.2 Å². The first-order chi connectivity index (χ1) is 7.18. The number of primary sulfonamides is 1. The van der Waals surface area contributed by atoms with Gasteiger partial charge in [-0.1, -0.05) is 18.2 Å². The zero-order valence-electron chi connectivity index (χ0n) is 8.16. The van der Waals surface area contributed by atoms with Crippen molar-refractivity contribution < 1.29 is 21.6 Å². The second kappa shape index (κ2) is 4.42. The van der Waals surface area contributed by atoms with Crippen molar-refractivity contribution in [2.75, 3.05) is 5.75 Å². The first kappa shape index (κ1) is 13.0. The number of hydrogen-bond acceptors (Lipinski definition) is 2. The van der Waals surface area contributed by atoms with Crippen molar-refractivity contribution in [2.24, 2.45) is 5.14 Å². The molecule has 0 heterocycles. The van der Waals surface area contributed by atoms with Gasteiger partial charge in [-0.15, -0.1) is 0 Å². The van der Waals surface area contributed by atoms with Crippen molar-refractivity contribution in [3.63, 3.8) is 0 Å². The molecular weight excluding hydrogens is 243 g/mol. The van der Waals surface area contributed by atoms with E-state index in [9.17, 15) is 21.6 Å². The topological polar surface area (TPSA) is 60.2 Å². The molecule has 1 rings (SSSR count). The van der Waals surface area contributed by atoms with E-state index in [2.05, 4.69) is 0 Å². The molecular formula is C9H10F3NO2S. The molecule has 0 fully saturated rings. The smallest absolute Gasteiger partial charge is 0.229 e. The molecule has 0 bridgehead atoms. The summed E-state index contributed by atoms with van der Waals surface area (Å²) in [5.41, 5.74) is -0.497. The molecule has 7 heteroatoms. The van der Waals surface area contributed by atoms with Crippen molar-refractivity contribution in [2.45, 2.75) is 12.6 Å². The Labute approximate surface area is 91.1 Å². The Bertz CT molecular complexity index is 468. The number of nitrogens with two attached hydrogens (primary N) is 1. The monoisotopic (exact) mass is 253 g/mol. The lowest BCUT2D eigenvalue weighted by Crippen LogP contribution is -2.18. The summed E-state index contributed by atoms with van der Waals surface area (Å²) in [4.78, 5) is 0. The third-order valence-corrected chi connectivity index (χ3v) is 2.70. The van der Waals surface area contributed by atoms with Crippen LogP contribution in [0, 0.1) is 0 Å². The number of rotatable bonds is 3. The Balaban J connectivity index is 2.84. The standard InChI is InChI=1S/C9H10F3NO2S/c10-9(11,12)8-3-1-2-7(6-8)4-5-16(13,14)15/h1-3,6H,4-5H2,(H2,13,14,15). The van der Waals surface area contributed by atoms with Crippen LogP contribution in [0.2, 0.25) is 0 Å². The van der Waals surface area contributed by atoms with Crippen LogP contribution in [0.15, 0.2) is 24.3 Å². The zero-order valence-corrected chi connectivity index (χ0v) is 8.98. The predicted octanol–water partition coefficient (Wildman–Crippen LogP) is 1.54. The van der Waals surface area contributed by atoms with Gasteiger partial charge in [0.1, 0.15) is 0 Å². The molecule has 1 aromatic carbocycles. The summed E-state index contributed by atoms with van der Waals surface area (Å²) < 4.78 is 58.2. The summed E-state index contributed by atoms with van der Waals surface area (Å²) in [6.45, 7) is 0. The fourth-order valence-corrected chi connectivity index (χ4v) is 1.68. The summed E-state index contributed by atoms with van der Waals surface area (Å²) in [6.07, 6.45) is -4.44. The summed E-state index contributed by atoms with van der Waals surface area (Å²) >= 11 is 0. The van der Waals surface area contributed by atoms with Crippen molar-refractivity contribution >= 4 is 10.0 Å². The van der Waals surface area contributed by atoms with Gasteiger partial charge in [-0.05, 0) is 18.1 Å². The summed E-state index contributed by atoms with van der Waals surface area (Å²) in [6, 6.07) is 4.52. The molecule has 2 N–H and O–H groups in total. The lowest BCUT2D eigenvalue weighted by Gasteiger charge is -2.08. The summed E-state index contributed by atoms with van der Waals surface area (Å²) in [5.74, 6) is -0.367. The van der Waals surface area contributed by atoms with Crippen LogP contribution in [0.25, 0.3) is 0 Å². The Morgan fingerprint density at radius 1 is 1.25 bits per heavy atom. The highest BCUT2D eigenvalue weighted by molar-refractivity contribution is 7.89. The highest BCUT2D eigenvalue weighted by atomic mass is 32.2. The van der Waals surface area contributed by atoms with Crippen LogP contribution in [0.1, 0.15) is 11.1 Å². The molecule has 0 aliphatic carbocycles. The molecule has 0 saturated carbocycles. The van der Waals surface area contributed by atoms with Gasteiger partial charge in [0.15, 0.2) is 0 Å². The van der Waals surface area contributed by atoms with Gasteiger partial charge in [0.05, 0.1) is 11.3 Å². The molecule has 16 heavy (non-hydrogen) atoms. The van der Waals surface area contributed by atoms with Crippen molar-refractivity contribution in [3.05, 3.63) is 35.4 Å². The quantitative estimate of drug-likeness (QED) is 0.888. The van der Waals surface area contributed by atoms with Gasteiger partial charge >= 0.3 is 6.18 Å². The minimum Gasteiger partial charge on any atom is -0.229 e. The van der Waals surface area contributed by atoms with Crippen LogP contribution >= 0.6 is 0 Å². The molecule has 0 aliphatic heterocycles. The number of aryl methyl sites for hydroxylation is 1. The molecule has 0 atom stereocenters. The third-order valence-electron chi connectivity index (χ3n) is 1.93. The summed E-state index contributed by atoms with van der Waals surface area (Å²) in [5, 5.41) is 4.76. The van der Waals surface area contributed by atoms with Gasteiger partial charge in [0, 0.05) is 0 Å². The highest BCUT2D eigenvalue weighted by Gasteiger charge is 2.30. The van der Waals surface area contributed by atoms with Crippen LogP contribution in [0.3, 0.4) is 0 Å². The largest absolute Gasteiger partial charge is 0.416 e. The van der Waals surface area contributed by atoms with Gasteiger partial charge in [0.2, 0.25) is 10.0 Å². The first-order valence-corrected chi connectivity index (χ1v) is 6.06. The van der Waals surface area contributed by atoms with Gasteiger partial charge in [-0.25, -0.2) is 13.6 Å². The average Bonchev–Trinajstić information content (AvgIpc) is 2.13.